The third kappa shape index (κ3) is 1.58. The minimum absolute atomic E-state index is 0.240. The highest BCUT2D eigenvalue weighted by molar-refractivity contribution is 5.32. The lowest BCUT2D eigenvalue weighted by Crippen LogP contribution is -2.29. The number of rotatable bonds is 1. The number of alkyl halides is 3. The van der Waals surface area contributed by atoms with Crippen molar-refractivity contribution in [2.75, 3.05) is 0 Å². The van der Waals surface area contributed by atoms with E-state index >= 15 is 0 Å². The maximum atomic E-state index is 12.4. The summed E-state index contributed by atoms with van der Waals surface area (Å²) >= 11 is 0. The van der Waals surface area contributed by atoms with Gasteiger partial charge in [-0.3, -0.25) is 0 Å². The van der Waals surface area contributed by atoms with Crippen molar-refractivity contribution in [1.82, 2.24) is 0 Å². The Hall–Kier alpha value is -1.03. The highest BCUT2D eigenvalue weighted by atomic mass is 19.4. The van der Waals surface area contributed by atoms with Crippen molar-refractivity contribution >= 4 is 0 Å². The van der Waals surface area contributed by atoms with E-state index in [9.17, 15) is 18.3 Å². The van der Waals surface area contributed by atoms with E-state index in [1.165, 1.54) is 12.1 Å². The molecule has 3 aliphatic rings. The molecular formula is C13H13F3O. The molecule has 0 amide bonds. The number of benzene rings is 1. The molecule has 1 atom stereocenters. The summed E-state index contributed by atoms with van der Waals surface area (Å²) in [5.74, 6) is 0.802. The van der Waals surface area contributed by atoms with Crippen LogP contribution in [0.3, 0.4) is 0 Å². The van der Waals surface area contributed by atoms with Crippen LogP contribution < -0.4 is 0 Å². The first-order valence-corrected chi connectivity index (χ1v) is 5.80. The van der Waals surface area contributed by atoms with Crippen molar-refractivity contribution in [2.24, 2.45) is 11.8 Å². The Bertz CT molecular complexity index is 431. The van der Waals surface area contributed by atoms with Crippen LogP contribution in [0.25, 0.3) is 0 Å². The lowest BCUT2D eigenvalue weighted by molar-refractivity contribution is -0.137. The SMILES string of the molecule is OC1(c2ccc(C(F)(F)F)cc2)CC2CC1C2. The predicted octanol–water partition coefficient (Wildman–Crippen LogP) is 3.32. The number of halogens is 3. The molecule has 3 saturated carbocycles. The standard InChI is InChI=1S/C13H13F3O/c14-13(15,16)10-3-1-9(2-4-10)12(17)7-8-5-11(12)6-8/h1-4,8,11,17H,5-7H2. The molecule has 1 aromatic carbocycles. The van der Waals surface area contributed by atoms with Crippen LogP contribution >= 0.6 is 0 Å². The van der Waals surface area contributed by atoms with Gasteiger partial charge in [0.05, 0.1) is 11.2 Å². The molecule has 1 nitrogen and oxygen atoms in total. The first-order chi connectivity index (χ1) is 7.89. The molecule has 0 aromatic heterocycles. The summed E-state index contributed by atoms with van der Waals surface area (Å²) in [6, 6.07) is 4.96. The molecule has 17 heavy (non-hydrogen) atoms. The molecule has 3 fully saturated rings. The molecule has 92 valence electrons. The van der Waals surface area contributed by atoms with Gasteiger partial charge in [-0.1, -0.05) is 12.1 Å². The van der Waals surface area contributed by atoms with E-state index in [1.807, 2.05) is 0 Å². The second-order valence-corrected chi connectivity index (χ2v) is 5.24. The third-order valence-electron chi connectivity index (χ3n) is 4.22. The van der Waals surface area contributed by atoms with Crippen molar-refractivity contribution in [3.8, 4) is 0 Å². The average Bonchev–Trinajstić information content (AvgIpc) is 2.70. The largest absolute Gasteiger partial charge is 0.416 e. The van der Waals surface area contributed by atoms with Crippen LogP contribution in [0.15, 0.2) is 24.3 Å². The summed E-state index contributed by atoms with van der Waals surface area (Å²) in [6.07, 6.45) is -1.59. The Morgan fingerprint density at radius 2 is 1.71 bits per heavy atom. The molecule has 0 radical (unpaired) electrons. The highest BCUT2D eigenvalue weighted by Crippen LogP contribution is 2.59. The van der Waals surface area contributed by atoms with Crippen molar-refractivity contribution in [3.63, 3.8) is 0 Å². The van der Waals surface area contributed by atoms with E-state index < -0.39 is 17.3 Å². The van der Waals surface area contributed by atoms with E-state index in [1.54, 1.807) is 0 Å². The van der Waals surface area contributed by atoms with Crippen molar-refractivity contribution < 1.29 is 18.3 Å². The van der Waals surface area contributed by atoms with Gasteiger partial charge < -0.3 is 5.11 Å². The summed E-state index contributed by atoms with van der Waals surface area (Å²) in [5, 5.41) is 10.5. The normalized spacial score (nSPS) is 35.8. The van der Waals surface area contributed by atoms with E-state index in [0.29, 0.717) is 17.9 Å². The maximum absolute atomic E-state index is 12.4. The summed E-state index contributed by atoms with van der Waals surface area (Å²) < 4.78 is 37.2. The van der Waals surface area contributed by atoms with E-state index in [-0.39, 0.29) is 5.92 Å². The fourth-order valence-electron chi connectivity index (χ4n) is 3.20. The van der Waals surface area contributed by atoms with Crippen molar-refractivity contribution in [2.45, 2.75) is 31.0 Å². The van der Waals surface area contributed by atoms with Gasteiger partial charge in [0.25, 0.3) is 0 Å². The van der Waals surface area contributed by atoms with Crippen LogP contribution in [-0.2, 0) is 11.8 Å². The van der Waals surface area contributed by atoms with Gasteiger partial charge in [0, 0.05) is 0 Å². The number of hydrogen-bond donors (Lipinski definition) is 1. The summed E-state index contributed by atoms with van der Waals surface area (Å²) in [6.45, 7) is 0. The van der Waals surface area contributed by atoms with Crippen LogP contribution in [0.5, 0.6) is 0 Å². The van der Waals surface area contributed by atoms with Gasteiger partial charge in [-0.2, -0.15) is 13.2 Å². The molecule has 3 aliphatic carbocycles. The lowest BCUT2D eigenvalue weighted by Gasteiger charge is -2.31. The Morgan fingerprint density at radius 1 is 1.12 bits per heavy atom. The van der Waals surface area contributed by atoms with Gasteiger partial charge in [-0.15, -0.1) is 0 Å². The van der Waals surface area contributed by atoms with Crippen LogP contribution in [-0.4, -0.2) is 5.11 Å². The lowest BCUT2D eigenvalue weighted by atomic mass is 9.78. The zero-order valence-electron chi connectivity index (χ0n) is 9.17. The summed E-state index contributed by atoms with van der Waals surface area (Å²) in [7, 11) is 0. The van der Waals surface area contributed by atoms with Crippen molar-refractivity contribution in [1.29, 1.82) is 0 Å². The Morgan fingerprint density at radius 3 is 2.12 bits per heavy atom. The van der Waals surface area contributed by atoms with E-state index in [4.69, 9.17) is 0 Å². The Labute approximate surface area is 97.3 Å². The summed E-state index contributed by atoms with van der Waals surface area (Å²) in [5.41, 5.74) is -0.903. The molecule has 2 bridgehead atoms. The molecular weight excluding hydrogens is 229 g/mol. The molecule has 0 saturated heterocycles. The average molecular weight is 242 g/mol. The quantitative estimate of drug-likeness (QED) is 0.801. The monoisotopic (exact) mass is 242 g/mol. The van der Waals surface area contributed by atoms with E-state index in [2.05, 4.69) is 0 Å². The first kappa shape index (κ1) is 11.1. The van der Waals surface area contributed by atoms with Gasteiger partial charge in [-0.25, -0.2) is 0 Å². The third-order valence-corrected chi connectivity index (χ3v) is 4.22. The van der Waals surface area contributed by atoms with Gasteiger partial charge in [0.2, 0.25) is 0 Å². The first-order valence-electron chi connectivity index (χ1n) is 5.80. The zero-order valence-corrected chi connectivity index (χ0v) is 9.17. The minimum Gasteiger partial charge on any atom is -0.385 e. The molecule has 0 spiro atoms. The zero-order chi connectivity index (χ0) is 12.3. The molecule has 4 heteroatoms. The van der Waals surface area contributed by atoms with E-state index in [0.717, 1.165) is 25.0 Å². The van der Waals surface area contributed by atoms with Gasteiger partial charge in [0.15, 0.2) is 0 Å². The number of fused-ring (bicyclic) bond motifs is 1. The summed E-state index contributed by atoms with van der Waals surface area (Å²) in [4.78, 5) is 0. The Kier molecular flexibility index (Phi) is 2.12. The molecule has 0 heterocycles. The molecule has 1 aromatic rings. The van der Waals surface area contributed by atoms with Gasteiger partial charge >= 0.3 is 6.18 Å². The maximum Gasteiger partial charge on any atom is 0.416 e. The molecule has 1 N–H and O–H groups in total. The fraction of sp³-hybridized carbons (Fsp3) is 0.538. The van der Waals surface area contributed by atoms with Gasteiger partial charge in [-0.05, 0) is 48.8 Å². The van der Waals surface area contributed by atoms with Crippen LogP contribution in [0, 0.1) is 11.8 Å². The van der Waals surface area contributed by atoms with Crippen LogP contribution in [0.1, 0.15) is 30.4 Å². The Balaban J connectivity index is 1.90. The second kappa shape index (κ2) is 3.25. The van der Waals surface area contributed by atoms with Crippen molar-refractivity contribution in [3.05, 3.63) is 35.4 Å². The fourth-order valence-corrected chi connectivity index (χ4v) is 3.20. The minimum atomic E-state index is -4.31. The molecule has 1 unspecified atom stereocenters. The molecule has 4 rings (SSSR count). The smallest absolute Gasteiger partial charge is 0.385 e. The number of aliphatic hydroxyl groups is 1. The second-order valence-electron chi connectivity index (χ2n) is 5.24. The topological polar surface area (TPSA) is 20.2 Å². The predicted molar refractivity (Wildman–Crippen MR) is 56.2 cm³/mol. The molecule has 0 aliphatic heterocycles. The number of hydrogen-bond acceptors (Lipinski definition) is 1. The highest BCUT2D eigenvalue weighted by Gasteiger charge is 2.55. The van der Waals surface area contributed by atoms with Gasteiger partial charge in [0.1, 0.15) is 0 Å². The van der Waals surface area contributed by atoms with Crippen LogP contribution in [0.2, 0.25) is 0 Å². The van der Waals surface area contributed by atoms with Crippen LogP contribution in [0.4, 0.5) is 13.2 Å².